The van der Waals surface area contributed by atoms with Gasteiger partial charge in [-0.25, -0.2) is 0 Å². The van der Waals surface area contributed by atoms with Crippen molar-refractivity contribution < 1.29 is 5.11 Å². The summed E-state index contributed by atoms with van der Waals surface area (Å²) in [6.45, 7) is 4.64. The van der Waals surface area contributed by atoms with Crippen molar-refractivity contribution in [1.29, 1.82) is 0 Å². The summed E-state index contributed by atoms with van der Waals surface area (Å²) < 4.78 is 0. The van der Waals surface area contributed by atoms with E-state index < -0.39 is 0 Å². The third kappa shape index (κ3) is 8.17. The second-order valence-corrected chi connectivity index (χ2v) is 3.96. The molecule has 1 unspecified atom stereocenters. The third-order valence-electron chi connectivity index (χ3n) is 1.60. The van der Waals surface area contributed by atoms with Crippen molar-refractivity contribution in [3.8, 4) is 0 Å². The molecule has 0 aromatic rings. The second kappa shape index (κ2) is 8.37. The van der Waals surface area contributed by atoms with Crippen LogP contribution in [0.1, 0.15) is 19.8 Å². The largest absolute Gasteiger partial charge is 0.396 e. The molecular formula is C8H19NOS. The number of nitrogens with one attached hydrogen (secondary N) is 1. The number of thioether (sulfide) groups is 1. The maximum atomic E-state index is 8.49. The van der Waals surface area contributed by atoms with Gasteiger partial charge in [0.15, 0.2) is 0 Å². The Morgan fingerprint density at radius 1 is 1.45 bits per heavy atom. The van der Waals surface area contributed by atoms with E-state index in [1.54, 1.807) is 0 Å². The van der Waals surface area contributed by atoms with Crippen molar-refractivity contribution in [1.82, 2.24) is 5.32 Å². The first-order chi connectivity index (χ1) is 5.31. The zero-order valence-electron chi connectivity index (χ0n) is 7.47. The topological polar surface area (TPSA) is 32.3 Å². The molecule has 0 amide bonds. The van der Waals surface area contributed by atoms with Crippen molar-refractivity contribution in [2.45, 2.75) is 25.0 Å². The van der Waals surface area contributed by atoms with Crippen LogP contribution in [-0.2, 0) is 0 Å². The van der Waals surface area contributed by atoms with Crippen LogP contribution < -0.4 is 5.32 Å². The summed E-state index contributed by atoms with van der Waals surface area (Å²) in [4.78, 5) is 0. The van der Waals surface area contributed by atoms with Gasteiger partial charge in [-0.2, -0.15) is 11.8 Å². The lowest BCUT2D eigenvalue weighted by Gasteiger charge is -2.08. The summed E-state index contributed by atoms with van der Waals surface area (Å²) in [5.74, 6) is 0. The van der Waals surface area contributed by atoms with Crippen LogP contribution in [0.15, 0.2) is 0 Å². The fraction of sp³-hybridized carbons (Fsp3) is 1.00. The predicted octanol–water partition coefficient (Wildman–Crippen LogP) is 1.10. The quantitative estimate of drug-likeness (QED) is 0.571. The van der Waals surface area contributed by atoms with Gasteiger partial charge in [-0.05, 0) is 25.6 Å². The van der Waals surface area contributed by atoms with Crippen LogP contribution in [0.25, 0.3) is 0 Å². The minimum Gasteiger partial charge on any atom is -0.396 e. The third-order valence-corrected chi connectivity index (χ3v) is 2.57. The van der Waals surface area contributed by atoms with E-state index >= 15 is 0 Å². The summed E-state index contributed by atoms with van der Waals surface area (Å²) in [6.07, 6.45) is 4.12. The van der Waals surface area contributed by atoms with E-state index in [0.717, 1.165) is 25.9 Å². The highest BCUT2D eigenvalue weighted by Gasteiger charge is 1.96. The SMILES string of the molecule is CSC(C)CNCCCCO. The Morgan fingerprint density at radius 3 is 2.73 bits per heavy atom. The van der Waals surface area contributed by atoms with Crippen molar-refractivity contribution in [2.24, 2.45) is 0 Å². The van der Waals surface area contributed by atoms with Crippen LogP contribution in [0.5, 0.6) is 0 Å². The molecule has 0 fully saturated rings. The number of hydrogen-bond acceptors (Lipinski definition) is 3. The summed E-state index contributed by atoms with van der Waals surface area (Å²) >= 11 is 1.88. The summed E-state index contributed by atoms with van der Waals surface area (Å²) in [5, 5.41) is 12.5. The van der Waals surface area contributed by atoms with Gasteiger partial charge in [0.2, 0.25) is 0 Å². The van der Waals surface area contributed by atoms with Crippen LogP contribution in [0.3, 0.4) is 0 Å². The number of hydrogen-bond donors (Lipinski definition) is 2. The smallest absolute Gasteiger partial charge is 0.0431 e. The predicted molar refractivity (Wildman–Crippen MR) is 52.2 cm³/mol. The van der Waals surface area contributed by atoms with Crippen molar-refractivity contribution in [2.75, 3.05) is 26.0 Å². The maximum Gasteiger partial charge on any atom is 0.0431 e. The molecule has 0 rings (SSSR count). The zero-order valence-corrected chi connectivity index (χ0v) is 8.28. The van der Waals surface area contributed by atoms with Crippen LogP contribution in [0, 0.1) is 0 Å². The van der Waals surface area contributed by atoms with Crippen molar-refractivity contribution >= 4 is 11.8 Å². The number of unbranched alkanes of at least 4 members (excludes halogenated alkanes) is 1. The van der Waals surface area contributed by atoms with E-state index in [2.05, 4.69) is 18.5 Å². The Hall–Kier alpha value is 0.270. The molecule has 0 heterocycles. The Bertz CT molecular complexity index is 80.5. The summed E-state index contributed by atoms with van der Waals surface area (Å²) in [6, 6.07) is 0. The van der Waals surface area contributed by atoms with Gasteiger partial charge >= 0.3 is 0 Å². The van der Waals surface area contributed by atoms with Gasteiger partial charge in [-0.15, -0.1) is 0 Å². The van der Waals surface area contributed by atoms with Gasteiger partial charge < -0.3 is 10.4 Å². The average molecular weight is 177 g/mol. The minimum absolute atomic E-state index is 0.319. The first-order valence-corrected chi connectivity index (χ1v) is 5.44. The van der Waals surface area contributed by atoms with Gasteiger partial charge in [-0.3, -0.25) is 0 Å². The second-order valence-electron chi connectivity index (χ2n) is 2.68. The summed E-state index contributed by atoms with van der Waals surface area (Å²) in [5.41, 5.74) is 0. The molecule has 0 radical (unpaired) electrons. The lowest BCUT2D eigenvalue weighted by Crippen LogP contribution is -2.23. The fourth-order valence-corrected chi connectivity index (χ4v) is 1.03. The van der Waals surface area contributed by atoms with E-state index in [9.17, 15) is 0 Å². The number of aliphatic hydroxyl groups excluding tert-OH is 1. The molecule has 0 aromatic carbocycles. The number of rotatable bonds is 7. The van der Waals surface area contributed by atoms with E-state index in [0.29, 0.717) is 11.9 Å². The van der Waals surface area contributed by atoms with Crippen LogP contribution in [0.4, 0.5) is 0 Å². The minimum atomic E-state index is 0.319. The monoisotopic (exact) mass is 177 g/mol. The molecule has 68 valence electrons. The van der Waals surface area contributed by atoms with Crippen LogP contribution >= 0.6 is 11.8 Å². The molecular weight excluding hydrogens is 158 g/mol. The fourth-order valence-electron chi connectivity index (χ4n) is 0.750. The first kappa shape index (κ1) is 11.3. The Morgan fingerprint density at radius 2 is 2.18 bits per heavy atom. The van der Waals surface area contributed by atoms with Gasteiger partial charge in [0.05, 0.1) is 0 Å². The van der Waals surface area contributed by atoms with Gasteiger partial charge in [0, 0.05) is 18.4 Å². The Kier molecular flexibility index (Phi) is 8.57. The van der Waals surface area contributed by atoms with Gasteiger partial charge in [0.25, 0.3) is 0 Å². The highest BCUT2D eigenvalue weighted by atomic mass is 32.2. The molecule has 0 saturated carbocycles. The number of aliphatic hydroxyl groups is 1. The Balaban J connectivity index is 2.89. The van der Waals surface area contributed by atoms with Crippen molar-refractivity contribution in [3.05, 3.63) is 0 Å². The molecule has 1 atom stereocenters. The molecule has 0 saturated heterocycles. The molecule has 0 aliphatic heterocycles. The van der Waals surface area contributed by atoms with E-state index in [4.69, 9.17) is 5.11 Å². The van der Waals surface area contributed by atoms with E-state index in [-0.39, 0.29) is 0 Å². The standard InChI is InChI=1S/C8H19NOS/c1-8(11-2)7-9-5-3-4-6-10/h8-10H,3-7H2,1-2H3. The van der Waals surface area contributed by atoms with Gasteiger partial charge in [0.1, 0.15) is 0 Å². The molecule has 0 aliphatic rings. The van der Waals surface area contributed by atoms with Gasteiger partial charge in [-0.1, -0.05) is 6.92 Å². The van der Waals surface area contributed by atoms with Crippen LogP contribution in [-0.4, -0.2) is 36.3 Å². The maximum absolute atomic E-state index is 8.49. The molecule has 0 aromatic heterocycles. The first-order valence-electron chi connectivity index (χ1n) is 4.15. The molecule has 11 heavy (non-hydrogen) atoms. The molecule has 2 N–H and O–H groups in total. The zero-order chi connectivity index (χ0) is 8.53. The Labute approximate surface area is 73.8 Å². The highest BCUT2D eigenvalue weighted by molar-refractivity contribution is 7.99. The molecule has 0 aliphatic carbocycles. The molecule has 0 bridgehead atoms. The summed E-state index contributed by atoms with van der Waals surface area (Å²) in [7, 11) is 0. The van der Waals surface area contributed by atoms with Crippen molar-refractivity contribution in [3.63, 3.8) is 0 Å². The van der Waals surface area contributed by atoms with Crippen LogP contribution in [0.2, 0.25) is 0 Å². The van der Waals surface area contributed by atoms with E-state index in [1.807, 2.05) is 11.8 Å². The molecule has 2 nitrogen and oxygen atoms in total. The highest BCUT2D eigenvalue weighted by Crippen LogP contribution is 2.02. The normalized spacial score (nSPS) is 13.4. The molecule has 3 heteroatoms. The lowest BCUT2D eigenvalue weighted by atomic mass is 10.3. The molecule has 0 spiro atoms. The lowest BCUT2D eigenvalue weighted by molar-refractivity contribution is 0.284. The average Bonchev–Trinajstić information content (AvgIpc) is 2.04. The van der Waals surface area contributed by atoms with E-state index in [1.165, 1.54) is 0 Å².